The maximum absolute atomic E-state index is 9.44. The quantitative estimate of drug-likeness (QED) is 0.437. The predicted molar refractivity (Wildman–Crippen MR) is 139 cm³/mol. The van der Waals surface area contributed by atoms with Gasteiger partial charge in [0.2, 0.25) is 0 Å². The maximum Gasteiger partial charge on any atom is 0.126 e. The molecule has 0 saturated heterocycles. The van der Waals surface area contributed by atoms with Gasteiger partial charge in [0.25, 0.3) is 0 Å². The van der Waals surface area contributed by atoms with Crippen molar-refractivity contribution in [2.24, 2.45) is 5.92 Å². The molecule has 0 bridgehead atoms. The Kier molecular flexibility index (Phi) is 49.9. The topological polar surface area (TPSA) is 17.1 Å². The number of hydrogen-bond acceptors (Lipinski definition) is 1. The first-order chi connectivity index (χ1) is 13.9. The highest BCUT2D eigenvalue weighted by molar-refractivity contribution is 5.72. The first-order valence-corrected chi connectivity index (χ1v) is 12.4. The van der Waals surface area contributed by atoms with Crippen molar-refractivity contribution in [1.29, 1.82) is 0 Å². The third kappa shape index (κ3) is 46.7. The van der Waals surface area contributed by atoms with E-state index in [2.05, 4.69) is 58.9 Å². The van der Waals surface area contributed by atoms with E-state index in [0.717, 1.165) is 12.3 Å². The summed E-state index contributed by atoms with van der Waals surface area (Å²) < 4.78 is 0. The Morgan fingerprint density at radius 2 is 1.21 bits per heavy atom. The number of rotatable bonds is 7. The lowest BCUT2D eigenvalue weighted by Gasteiger charge is -2.08. The third-order valence-electron chi connectivity index (χ3n) is 3.59. The summed E-state index contributed by atoms with van der Waals surface area (Å²) in [5, 5.41) is 0. The first kappa shape index (κ1) is 38.5. The number of benzene rings is 1. The van der Waals surface area contributed by atoms with Crippen molar-refractivity contribution >= 4 is 5.78 Å². The monoisotopic (exact) mass is 410 g/mol. The SMILES string of the molecule is CC.CC.CC.CC(C)=O.CCCCC(C)CCCC.CCc1cccc(C)c1. The van der Waals surface area contributed by atoms with E-state index in [1.54, 1.807) is 0 Å². The normalized spacial score (nSPS) is 8.21. The van der Waals surface area contributed by atoms with Gasteiger partial charge in [-0.25, -0.2) is 0 Å². The molecule has 0 aliphatic heterocycles. The lowest BCUT2D eigenvalue weighted by atomic mass is 9.98. The molecule has 0 saturated carbocycles. The van der Waals surface area contributed by atoms with Gasteiger partial charge in [-0.1, -0.05) is 138 Å². The fourth-order valence-electron chi connectivity index (χ4n) is 2.18. The lowest BCUT2D eigenvalue weighted by molar-refractivity contribution is -0.114. The Balaban J connectivity index is -0.0000000924. The molecular weight excluding hydrogens is 352 g/mol. The van der Waals surface area contributed by atoms with Crippen LogP contribution < -0.4 is 0 Å². The Morgan fingerprint density at radius 3 is 1.45 bits per heavy atom. The van der Waals surface area contributed by atoms with Crippen molar-refractivity contribution in [2.75, 3.05) is 0 Å². The number of unbranched alkanes of at least 4 members (excludes halogenated alkanes) is 2. The van der Waals surface area contributed by atoms with Gasteiger partial charge in [-0.2, -0.15) is 0 Å². The molecule has 0 spiro atoms. The highest BCUT2D eigenvalue weighted by atomic mass is 16.1. The van der Waals surface area contributed by atoms with Crippen LogP contribution in [0.15, 0.2) is 24.3 Å². The average Bonchev–Trinajstić information content (AvgIpc) is 2.75. The Labute approximate surface area is 187 Å². The Morgan fingerprint density at radius 1 is 0.828 bits per heavy atom. The van der Waals surface area contributed by atoms with Crippen molar-refractivity contribution in [1.82, 2.24) is 0 Å². The van der Waals surface area contributed by atoms with Crippen molar-refractivity contribution in [3.63, 3.8) is 0 Å². The van der Waals surface area contributed by atoms with E-state index in [-0.39, 0.29) is 5.78 Å². The summed E-state index contributed by atoms with van der Waals surface area (Å²) in [6.45, 7) is 26.3. The van der Waals surface area contributed by atoms with Crippen LogP contribution in [0.25, 0.3) is 0 Å². The molecular formula is C28H58O. The molecule has 1 nitrogen and oxygen atoms in total. The summed E-state index contributed by atoms with van der Waals surface area (Å²) in [4.78, 5) is 9.44. The summed E-state index contributed by atoms with van der Waals surface area (Å²) in [6, 6.07) is 8.61. The first-order valence-electron chi connectivity index (χ1n) is 12.4. The molecule has 1 aromatic carbocycles. The molecule has 1 heteroatoms. The van der Waals surface area contributed by atoms with Gasteiger partial charge in [0.05, 0.1) is 0 Å². The van der Waals surface area contributed by atoms with Crippen LogP contribution >= 0.6 is 0 Å². The van der Waals surface area contributed by atoms with Gasteiger partial charge in [-0.3, -0.25) is 0 Å². The van der Waals surface area contributed by atoms with Crippen LogP contribution in [0.4, 0.5) is 0 Å². The molecule has 0 aliphatic rings. The van der Waals surface area contributed by atoms with Crippen molar-refractivity contribution in [3.05, 3.63) is 35.4 Å². The minimum Gasteiger partial charge on any atom is -0.300 e. The minimum absolute atomic E-state index is 0.167. The second-order valence-electron chi connectivity index (χ2n) is 6.64. The van der Waals surface area contributed by atoms with Gasteiger partial charge in [0, 0.05) is 0 Å². The fourth-order valence-corrected chi connectivity index (χ4v) is 2.18. The van der Waals surface area contributed by atoms with Crippen LogP contribution in [0.5, 0.6) is 0 Å². The Hall–Kier alpha value is -1.11. The molecule has 0 N–H and O–H groups in total. The van der Waals surface area contributed by atoms with E-state index < -0.39 is 0 Å². The second-order valence-corrected chi connectivity index (χ2v) is 6.64. The molecule has 1 rings (SSSR count). The molecule has 0 unspecified atom stereocenters. The van der Waals surface area contributed by atoms with Crippen molar-refractivity contribution < 1.29 is 4.79 Å². The molecule has 0 aromatic heterocycles. The lowest BCUT2D eigenvalue weighted by Crippen LogP contribution is -1.93. The maximum atomic E-state index is 9.44. The van der Waals surface area contributed by atoms with E-state index in [1.165, 1.54) is 63.5 Å². The molecule has 0 heterocycles. The highest BCUT2D eigenvalue weighted by Crippen LogP contribution is 2.14. The molecule has 0 aliphatic carbocycles. The summed E-state index contributed by atoms with van der Waals surface area (Å²) >= 11 is 0. The third-order valence-corrected chi connectivity index (χ3v) is 3.59. The zero-order chi connectivity index (χ0) is 24.1. The van der Waals surface area contributed by atoms with Crippen LogP contribution in [-0.2, 0) is 11.2 Å². The largest absolute Gasteiger partial charge is 0.300 e. The van der Waals surface area contributed by atoms with Gasteiger partial charge in [-0.05, 0) is 38.7 Å². The smallest absolute Gasteiger partial charge is 0.126 e. The molecule has 0 fully saturated rings. The summed E-state index contributed by atoms with van der Waals surface area (Å²) in [7, 11) is 0. The van der Waals surface area contributed by atoms with Crippen LogP contribution in [0.1, 0.15) is 133 Å². The van der Waals surface area contributed by atoms with Gasteiger partial charge in [-0.15, -0.1) is 0 Å². The van der Waals surface area contributed by atoms with E-state index in [9.17, 15) is 4.79 Å². The summed E-state index contributed by atoms with van der Waals surface area (Å²) in [6.07, 6.45) is 9.58. The molecule has 0 radical (unpaired) electrons. The van der Waals surface area contributed by atoms with Crippen molar-refractivity contribution in [2.45, 2.75) is 135 Å². The van der Waals surface area contributed by atoms with Gasteiger partial charge in [0.15, 0.2) is 0 Å². The van der Waals surface area contributed by atoms with E-state index in [4.69, 9.17) is 0 Å². The fraction of sp³-hybridized carbons (Fsp3) is 0.750. The van der Waals surface area contributed by atoms with Crippen LogP contribution in [-0.4, -0.2) is 5.78 Å². The van der Waals surface area contributed by atoms with Gasteiger partial charge in [0.1, 0.15) is 5.78 Å². The minimum atomic E-state index is 0.167. The molecule has 0 amide bonds. The Bertz CT molecular complexity index is 370. The van der Waals surface area contributed by atoms with Gasteiger partial charge < -0.3 is 4.79 Å². The van der Waals surface area contributed by atoms with Crippen molar-refractivity contribution in [3.8, 4) is 0 Å². The average molecular weight is 411 g/mol. The van der Waals surface area contributed by atoms with Gasteiger partial charge >= 0.3 is 0 Å². The molecule has 0 atom stereocenters. The molecule has 1 aromatic rings. The van der Waals surface area contributed by atoms with Crippen LogP contribution in [0, 0.1) is 12.8 Å². The second kappa shape index (κ2) is 37.6. The number of carbonyl (C=O) groups is 1. The molecule has 29 heavy (non-hydrogen) atoms. The summed E-state index contributed by atoms with van der Waals surface area (Å²) in [5.74, 6) is 1.14. The number of hydrogen-bond donors (Lipinski definition) is 0. The van der Waals surface area contributed by atoms with Crippen LogP contribution in [0.2, 0.25) is 0 Å². The number of carbonyl (C=O) groups excluding carboxylic acids is 1. The highest BCUT2D eigenvalue weighted by Gasteiger charge is 1.98. The summed E-state index contributed by atoms with van der Waals surface area (Å²) in [5.41, 5.74) is 2.78. The molecule has 176 valence electrons. The zero-order valence-electron chi connectivity index (χ0n) is 22.7. The van der Waals surface area contributed by atoms with E-state index >= 15 is 0 Å². The number of aryl methyl sites for hydroxylation is 2. The standard InChI is InChI=1S/C10H22.C9H12.C3H6O.3C2H6/c1-4-6-8-10(3)9-7-5-2;1-3-9-6-4-5-8(2)7-9;1-3(2)4;3*1-2/h10H,4-9H2,1-3H3;4-7H,3H2,1-2H3;1-2H3;3*1-2H3. The van der Waals surface area contributed by atoms with E-state index in [1.807, 2.05) is 41.5 Å². The van der Waals surface area contributed by atoms with Crippen LogP contribution in [0.3, 0.4) is 0 Å². The van der Waals surface area contributed by atoms with E-state index in [0.29, 0.717) is 0 Å². The predicted octanol–water partition coefficient (Wildman–Crippen LogP) is 10.2. The number of ketones is 1. The zero-order valence-corrected chi connectivity index (χ0v) is 22.7. The number of Topliss-reactive ketones (excluding diaryl/α,β-unsaturated/α-hetero) is 1.